The lowest BCUT2D eigenvalue weighted by molar-refractivity contribution is 0.509. The highest BCUT2D eigenvalue weighted by atomic mass is 32.1. The Labute approximate surface area is 126 Å². The van der Waals surface area contributed by atoms with E-state index in [1.165, 1.54) is 18.2 Å². The van der Waals surface area contributed by atoms with E-state index in [0.29, 0.717) is 5.69 Å². The Morgan fingerprint density at radius 1 is 1.00 bits per heavy atom. The molecule has 0 saturated heterocycles. The first-order valence-corrected chi connectivity index (χ1v) is 6.64. The third kappa shape index (κ3) is 4.19. The van der Waals surface area contributed by atoms with Crippen molar-refractivity contribution in [3.63, 3.8) is 0 Å². The topological polar surface area (TPSA) is 24.1 Å². The van der Waals surface area contributed by atoms with Crippen LogP contribution in [-0.2, 0) is 0 Å². The summed E-state index contributed by atoms with van der Waals surface area (Å²) >= 11 is 5.10. The van der Waals surface area contributed by atoms with Gasteiger partial charge in [0.2, 0.25) is 0 Å². The minimum atomic E-state index is -0.950. The Bertz CT molecular complexity index is 644. The number of hydrogen-bond acceptors (Lipinski definition) is 1. The minimum Gasteiger partial charge on any atom is -0.356 e. The zero-order valence-corrected chi connectivity index (χ0v) is 12.0. The first-order chi connectivity index (χ1) is 9.95. The first kappa shape index (κ1) is 15.3. The summed E-state index contributed by atoms with van der Waals surface area (Å²) in [6.45, 7) is 1.85. The van der Waals surface area contributed by atoms with Gasteiger partial charge in [-0.3, -0.25) is 0 Å². The molecule has 0 aliphatic rings. The molecule has 2 nitrogen and oxygen atoms in total. The fourth-order valence-corrected chi connectivity index (χ4v) is 2.07. The first-order valence-electron chi connectivity index (χ1n) is 6.24. The Morgan fingerprint density at radius 3 is 2.29 bits per heavy atom. The zero-order chi connectivity index (χ0) is 15.4. The molecule has 0 radical (unpaired) electrons. The van der Waals surface area contributed by atoms with Crippen LogP contribution in [0.15, 0.2) is 42.5 Å². The fourth-order valence-electron chi connectivity index (χ4n) is 1.77. The number of nitrogens with one attached hydrogen (secondary N) is 2. The van der Waals surface area contributed by atoms with Crippen molar-refractivity contribution in [3.8, 4) is 0 Å². The van der Waals surface area contributed by atoms with Crippen molar-refractivity contribution in [1.29, 1.82) is 0 Å². The number of halogens is 3. The van der Waals surface area contributed by atoms with Gasteiger partial charge >= 0.3 is 0 Å². The van der Waals surface area contributed by atoms with Gasteiger partial charge in [0.05, 0.1) is 6.04 Å². The molecule has 0 fully saturated rings. The molecule has 2 aromatic rings. The van der Waals surface area contributed by atoms with E-state index in [1.807, 2.05) is 6.92 Å². The molecule has 21 heavy (non-hydrogen) atoms. The van der Waals surface area contributed by atoms with E-state index < -0.39 is 11.6 Å². The highest BCUT2D eigenvalue weighted by Crippen LogP contribution is 2.15. The van der Waals surface area contributed by atoms with Crippen LogP contribution in [0, 0.1) is 17.5 Å². The number of rotatable bonds is 3. The van der Waals surface area contributed by atoms with E-state index in [2.05, 4.69) is 10.6 Å². The van der Waals surface area contributed by atoms with Gasteiger partial charge in [-0.15, -0.1) is 0 Å². The van der Waals surface area contributed by atoms with Crippen molar-refractivity contribution in [2.45, 2.75) is 13.0 Å². The second-order valence-electron chi connectivity index (χ2n) is 4.50. The molecular weight excluding hydrogens is 297 g/mol. The maximum absolute atomic E-state index is 13.1. The molecule has 0 aliphatic carbocycles. The van der Waals surface area contributed by atoms with Crippen LogP contribution in [0.5, 0.6) is 0 Å². The van der Waals surface area contributed by atoms with E-state index in [9.17, 15) is 13.2 Å². The van der Waals surface area contributed by atoms with Gasteiger partial charge in [-0.2, -0.15) is 0 Å². The van der Waals surface area contributed by atoms with Crippen LogP contribution in [0.4, 0.5) is 18.9 Å². The summed E-state index contributed by atoms with van der Waals surface area (Å²) in [5.74, 6) is -2.18. The van der Waals surface area contributed by atoms with Gasteiger partial charge < -0.3 is 10.6 Å². The molecule has 0 saturated carbocycles. The Balaban J connectivity index is 1.97. The fraction of sp³-hybridized carbons (Fsp3) is 0.133. The van der Waals surface area contributed by atoms with Crippen LogP contribution in [0.1, 0.15) is 18.5 Å². The van der Waals surface area contributed by atoms with Crippen molar-refractivity contribution in [2.24, 2.45) is 0 Å². The zero-order valence-electron chi connectivity index (χ0n) is 11.2. The molecule has 110 valence electrons. The summed E-state index contributed by atoms with van der Waals surface area (Å²) in [4.78, 5) is 0. The molecule has 2 aromatic carbocycles. The van der Waals surface area contributed by atoms with Gasteiger partial charge in [-0.25, -0.2) is 13.2 Å². The van der Waals surface area contributed by atoms with E-state index in [0.717, 1.165) is 17.7 Å². The van der Waals surface area contributed by atoms with Crippen molar-refractivity contribution in [3.05, 3.63) is 65.5 Å². The monoisotopic (exact) mass is 310 g/mol. The van der Waals surface area contributed by atoms with Gasteiger partial charge in [-0.05, 0) is 49.0 Å². The molecule has 0 aromatic heterocycles. The molecule has 0 aliphatic heterocycles. The quantitative estimate of drug-likeness (QED) is 0.833. The van der Waals surface area contributed by atoms with Crippen molar-refractivity contribution >= 4 is 23.0 Å². The molecule has 2 N–H and O–H groups in total. The minimum absolute atomic E-state index is 0.157. The summed E-state index contributed by atoms with van der Waals surface area (Å²) in [6.07, 6.45) is 0. The third-order valence-corrected chi connectivity index (χ3v) is 3.11. The van der Waals surface area contributed by atoms with Crippen molar-refractivity contribution in [1.82, 2.24) is 5.32 Å². The normalized spacial score (nSPS) is 11.8. The smallest absolute Gasteiger partial charge is 0.171 e. The van der Waals surface area contributed by atoms with Crippen LogP contribution in [0.3, 0.4) is 0 Å². The van der Waals surface area contributed by atoms with Gasteiger partial charge in [0.25, 0.3) is 0 Å². The lowest BCUT2D eigenvalue weighted by Gasteiger charge is -2.17. The summed E-state index contributed by atoms with van der Waals surface area (Å²) in [5, 5.41) is 6.00. The van der Waals surface area contributed by atoms with Crippen LogP contribution in [0.25, 0.3) is 0 Å². The molecule has 0 amide bonds. The molecule has 6 heteroatoms. The van der Waals surface area contributed by atoms with Gasteiger partial charge in [0.1, 0.15) is 5.82 Å². The lowest BCUT2D eigenvalue weighted by Crippen LogP contribution is -2.30. The van der Waals surface area contributed by atoms with E-state index >= 15 is 0 Å². The third-order valence-electron chi connectivity index (χ3n) is 2.90. The highest BCUT2D eigenvalue weighted by molar-refractivity contribution is 7.80. The van der Waals surface area contributed by atoms with Crippen LogP contribution in [-0.4, -0.2) is 5.11 Å². The maximum atomic E-state index is 13.1. The van der Waals surface area contributed by atoms with Crippen molar-refractivity contribution < 1.29 is 13.2 Å². The number of anilines is 1. The SMILES string of the molecule is C[C@@H](NC(=S)Nc1ccc(F)c(F)c1)c1ccc(F)cc1. The molecule has 0 bridgehead atoms. The van der Waals surface area contributed by atoms with Crippen LogP contribution >= 0.6 is 12.2 Å². The number of benzene rings is 2. The molecule has 0 spiro atoms. The molecule has 0 unspecified atom stereocenters. The summed E-state index contributed by atoms with van der Waals surface area (Å²) in [7, 11) is 0. The molecule has 0 heterocycles. The molecule has 2 rings (SSSR count). The van der Waals surface area contributed by atoms with E-state index in [4.69, 9.17) is 12.2 Å². The average molecular weight is 310 g/mol. The average Bonchev–Trinajstić information content (AvgIpc) is 2.43. The van der Waals surface area contributed by atoms with E-state index in [-0.39, 0.29) is 17.0 Å². The standard InChI is InChI=1S/C15H13F3N2S/c1-9(10-2-4-11(16)5-3-10)19-15(21)20-12-6-7-13(17)14(18)8-12/h2-9H,1H3,(H2,19,20,21)/t9-/m1/s1. The maximum Gasteiger partial charge on any atom is 0.171 e. The second-order valence-corrected chi connectivity index (χ2v) is 4.91. The Kier molecular flexibility index (Phi) is 4.80. The summed E-state index contributed by atoms with van der Waals surface area (Å²) in [5.41, 5.74) is 1.20. The number of thiocarbonyl (C=S) groups is 1. The number of hydrogen-bond donors (Lipinski definition) is 2. The van der Waals surface area contributed by atoms with Crippen molar-refractivity contribution in [2.75, 3.05) is 5.32 Å². The molecular formula is C15H13F3N2S. The Hall–Kier alpha value is -2.08. The summed E-state index contributed by atoms with van der Waals surface area (Å²) < 4.78 is 38.7. The largest absolute Gasteiger partial charge is 0.356 e. The highest BCUT2D eigenvalue weighted by Gasteiger charge is 2.08. The molecule has 1 atom stereocenters. The predicted octanol–water partition coefficient (Wildman–Crippen LogP) is 4.15. The Morgan fingerprint density at radius 2 is 1.67 bits per heavy atom. The second kappa shape index (κ2) is 6.58. The van der Waals surface area contributed by atoms with Crippen LogP contribution < -0.4 is 10.6 Å². The lowest BCUT2D eigenvalue weighted by atomic mass is 10.1. The van der Waals surface area contributed by atoms with Gasteiger partial charge in [-0.1, -0.05) is 12.1 Å². The van der Waals surface area contributed by atoms with Crippen LogP contribution in [0.2, 0.25) is 0 Å². The predicted molar refractivity (Wildman–Crippen MR) is 80.5 cm³/mol. The summed E-state index contributed by atoms with van der Waals surface area (Å²) in [6, 6.07) is 9.28. The van der Waals surface area contributed by atoms with Gasteiger partial charge in [0.15, 0.2) is 16.7 Å². The van der Waals surface area contributed by atoms with E-state index in [1.54, 1.807) is 12.1 Å². The van der Waals surface area contributed by atoms with Gasteiger partial charge in [0, 0.05) is 11.8 Å².